The van der Waals surface area contributed by atoms with Crippen LogP contribution >= 0.6 is 11.6 Å². The molecule has 7 heteroatoms. The molecule has 1 N–H and O–H groups in total. The van der Waals surface area contributed by atoms with Crippen LogP contribution in [0, 0.1) is 0 Å². The smallest absolute Gasteiger partial charge is 0.255 e. The second kappa shape index (κ2) is 5.09. The van der Waals surface area contributed by atoms with Gasteiger partial charge in [0.25, 0.3) is 5.78 Å². The average molecular weight is 242 g/mol. The van der Waals surface area contributed by atoms with E-state index in [1.165, 1.54) is 6.33 Å². The summed E-state index contributed by atoms with van der Waals surface area (Å²) in [5.74, 6) is 1.23. The number of aromatic nitrogens is 4. The standard InChI is InChI=1S/C9H12ClN5O/c1-2-16-4-3-11-8-5-7(10)14-9-12-6-13-15(8)9/h5-6,11H,2-4H2,1H3. The highest BCUT2D eigenvalue weighted by atomic mass is 35.5. The number of nitrogens with zero attached hydrogens (tertiary/aromatic N) is 4. The Labute approximate surface area is 97.6 Å². The van der Waals surface area contributed by atoms with Crippen molar-refractivity contribution in [1.82, 2.24) is 19.6 Å². The number of ether oxygens (including phenoxy) is 1. The van der Waals surface area contributed by atoms with Gasteiger partial charge in [-0.25, -0.2) is 0 Å². The highest BCUT2D eigenvalue weighted by Gasteiger charge is 2.05. The molecule has 0 saturated carbocycles. The monoisotopic (exact) mass is 241 g/mol. The molecule has 2 rings (SSSR count). The largest absolute Gasteiger partial charge is 0.380 e. The fraction of sp³-hybridized carbons (Fsp3) is 0.444. The molecule has 16 heavy (non-hydrogen) atoms. The van der Waals surface area contributed by atoms with Gasteiger partial charge in [-0.15, -0.1) is 0 Å². The number of rotatable bonds is 5. The summed E-state index contributed by atoms with van der Waals surface area (Å²) in [6.07, 6.45) is 1.44. The van der Waals surface area contributed by atoms with Gasteiger partial charge in [-0.3, -0.25) is 0 Å². The Morgan fingerprint density at radius 3 is 3.25 bits per heavy atom. The molecule has 0 fully saturated rings. The van der Waals surface area contributed by atoms with Crippen molar-refractivity contribution < 1.29 is 4.74 Å². The summed E-state index contributed by atoms with van der Waals surface area (Å²) in [4.78, 5) is 7.99. The molecule has 0 aromatic carbocycles. The zero-order chi connectivity index (χ0) is 11.4. The van der Waals surface area contributed by atoms with Crippen molar-refractivity contribution in [3.8, 4) is 0 Å². The molecule has 0 atom stereocenters. The van der Waals surface area contributed by atoms with E-state index in [2.05, 4.69) is 20.4 Å². The molecular weight excluding hydrogens is 230 g/mol. The molecule has 2 aromatic rings. The SMILES string of the molecule is CCOCCNc1cc(Cl)nc2ncnn12. The van der Waals surface area contributed by atoms with Gasteiger partial charge in [0.15, 0.2) is 0 Å². The van der Waals surface area contributed by atoms with E-state index < -0.39 is 0 Å². The van der Waals surface area contributed by atoms with Crippen LogP contribution in [0.15, 0.2) is 12.4 Å². The van der Waals surface area contributed by atoms with Gasteiger partial charge in [0, 0.05) is 19.2 Å². The van der Waals surface area contributed by atoms with E-state index in [1.54, 1.807) is 10.6 Å². The molecule has 0 aliphatic heterocycles. The Balaban J connectivity index is 2.12. The maximum atomic E-state index is 5.86. The third-order valence-corrected chi connectivity index (χ3v) is 2.17. The molecule has 2 heterocycles. The normalized spacial score (nSPS) is 10.9. The van der Waals surface area contributed by atoms with Crippen LogP contribution in [-0.4, -0.2) is 39.3 Å². The Hall–Kier alpha value is -1.40. The van der Waals surface area contributed by atoms with Gasteiger partial charge in [0.05, 0.1) is 6.61 Å². The summed E-state index contributed by atoms with van der Waals surface area (Å²) in [5, 5.41) is 7.59. The van der Waals surface area contributed by atoms with Gasteiger partial charge in [0.1, 0.15) is 17.3 Å². The molecule has 0 spiro atoms. The first-order chi connectivity index (χ1) is 7.81. The number of hydrogen-bond donors (Lipinski definition) is 1. The summed E-state index contributed by atoms with van der Waals surface area (Å²) >= 11 is 5.86. The lowest BCUT2D eigenvalue weighted by Crippen LogP contribution is -2.12. The van der Waals surface area contributed by atoms with Crippen molar-refractivity contribution in [2.45, 2.75) is 6.92 Å². The molecular formula is C9H12ClN5O. The first kappa shape index (κ1) is 11.1. The van der Waals surface area contributed by atoms with Crippen molar-refractivity contribution in [3.05, 3.63) is 17.5 Å². The van der Waals surface area contributed by atoms with Crippen molar-refractivity contribution in [2.75, 3.05) is 25.1 Å². The molecule has 0 aliphatic carbocycles. The Morgan fingerprint density at radius 2 is 2.44 bits per heavy atom. The predicted molar refractivity (Wildman–Crippen MR) is 60.8 cm³/mol. The molecule has 6 nitrogen and oxygen atoms in total. The van der Waals surface area contributed by atoms with Crippen LogP contribution in [0.5, 0.6) is 0 Å². The molecule has 0 radical (unpaired) electrons. The Bertz CT molecular complexity index is 472. The number of fused-ring (bicyclic) bond motifs is 1. The van der Waals surface area contributed by atoms with Crippen LogP contribution in [0.4, 0.5) is 5.82 Å². The van der Waals surface area contributed by atoms with Crippen molar-refractivity contribution in [3.63, 3.8) is 0 Å². The summed E-state index contributed by atoms with van der Waals surface area (Å²) in [7, 11) is 0. The minimum Gasteiger partial charge on any atom is -0.380 e. The fourth-order valence-corrected chi connectivity index (χ4v) is 1.48. The molecule has 0 saturated heterocycles. The molecule has 0 bridgehead atoms. The summed E-state index contributed by atoms with van der Waals surface area (Å²) in [6, 6.07) is 1.70. The molecule has 0 amide bonds. The highest BCUT2D eigenvalue weighted by Crippen LogP contribution is 2.13. The number of halogens is 1. The van der Waals surface area contributed by atoms with Gasteiger partial charge < -0.3 is 10.1 Å². The summed E-state index contributed by atoms with van der Waals surface area (Å²) in [5.41, 5.74) is 0. The van der Waals surface area contributed by atoms with Gasteiger partial charge in [-0.1, -0.05) is 11.6 Å². The van der Waals surface area contributed by atoms with Crippen LogP contribution in [-0.2, 0) is 4.74 Å². The van der Waals surface area contributed by atoms with Crippen molar-refractivity contribution in [2.24, 2.45) is 0 Å². The number of hydrogen-bond acceptors (Lipinski definition) is 5. The van der Waals surface area contributed by atoms with Gasteiger partial charge in [-0.2, -0.15) is 19.6 Å². The second-order valence-corrected chi connectivity index (χ2v) is 3.45. The van der Waals surface area contributed by atoms with E-state index >= 15 is 0 Å². The molecule has 2 aromatic heterocycles. The van der Waals surface area contributed by atoms with Crippen molar-refractivity contribution in [1.29, 1.82) is 0 Å². The van der Waals surface area contributed by atoms with Crippen LogP contribution in [0.1, 0.15) is 6.92 Å². The van der Waals surface area contributed by atoms with Gasteiger partial charge in [0.2, 0.25) is 0 Å². The lowest BCUT2D eigenvalue weighted by Gasteiger charge is -2.07. The van der Waals surface area contributed by atoms with Crippen LogP contribution in [0.2, 0.25) is 5.15 Å². The summed E-state index contributed by atoms with van der Waals surface area (Å²) in [6.45, 7) is 3.98. The van der Waals surface area contributed by atoms with E-state index in [0.717, 1.165) is 5.82 Å². The average Bonchev–Trinajstić information content (AvgIpc) is 2.72. The Kier molecular flexibility index (Phi) is 3.53. The zero-order valence-corrected chi connectivity index (χ0v) is 9.61. The number of anilines is 1. The van der Waals surface area contributed by atoms with Crippen molar-refractivity contribution >= 4 is 23.2 Å². The molecule has 0 unspecified atom stereocenters. The van der Waals surface area contributed by atoms with E-state index in [0.29, 0.717) is 30.7 Å². The van der Waals surface area contributed by atoms with Crippen LogP contribution in [0.3, 0.4) is 0 Å². The predicted octanol–water partition coefficient (Wildman–Crippen LogP) is 1.23. The zero-order valence-electron chi connectivity index (χ0n) is 8.85. The number of nitrogens with one attached hydrogen (secondary N) is 1. The first-order valence-electron chi connectivity index (χ1n) is 4.99. The van der Waals surface area contributed by atoms with Gasteiger partial charge >= 0.3 is 0 Å². The quantitative estimate of drug-likeness (QED) is 0.630. The van der Waals surface area contributed by atoms with Gasteiger partial charge in [-0.05, 0) is 6.92 Å². The third-order valence-electron chi connectivity index (χ3n) is 1.98. The lowest BCUT2D eigenvalue weighted by atomic mass is 10.5. The topological polar surface area (TPSA) is 64.3 Å². The van der Waals surface area contributed by atoms with E-state index in [-0.39, 0.29) is 0 Å². The minimum absolute atomic E-state index is 0.388. The first-order valence-corrected chi connectivity index (χ1v) is 5.37. The third kappa shape index (κ3) is 2.40. The molecule has 0 aliphatic rings. The maximum absolute atomic E-state index is 5.86. The second-order valence-electron chi connectivity index (χ2n) is 3.06. The fourth-order valence-electron chi connectivity index (χ4n) is 1.30. The summed E-state index contributed by atoms with van der Waals surface area (Å²) < 4.78 is 6.82. The maximum Gasteiger partial charge on any atom is 0.255 e. The lowest BCUT2D eigenvalue weighted by molar-refractivity contribution is 0.158. The highest BCUT2D eigenvalue weighted by molar-refractivity contribution is 6.29. The Morgan fingerprint density at radius 1 is 1.56 bits per heavy atom. The van der Waals surface area contributed by atoms with E-state index in [9.17, 15) is 0 Å². The van der Waals surface area contributed by atoms with E-state index in [1.807, 2.05) is 6.92 Å². The van der Waals surface area contributed by atoms with Crippen LogP contribution in [0.25, 0.3) is 5.78 Å². The minimum atomic E-state index is 0.388. The molecule has 86 valence electrons. The van der Waals surface area contributed by atoms with E-state index in [4.69, 9.17) is 16.3 Å². The van der Waals surface area contributed by atoms with Crippen LogP contribution < -0.4 is 5.32 Å².